The van der Waals surface area contributed by atoms with Crippen molar-refractivity contribution in [1.82, 2.24) is 40.2 Å². The molecule has 0 aromatic carbocycles. The van der Waals surface area contributed by atoms with Gasteiger partial charge in [0.15, 0.2) is 28.9 Å². The Morgan fingerprint density at radius 3 is 2.54 bits per heavy atom. The summed E-state index contributed by atoms with van der Waals surface area (Å²) in [7, 11) is 4.77. The summed E-state index contributed by atoms with van der Waals surface area (Å²) in [6.07, 6.45) is 3.16. The zero-order chi connectivity index (χ0) is 25.3. The van der Waals surface area contributed by atoms with Gasteiger partial charge in [0.2, 0.25) is 0 Å². The van der Waals surface area contributed by atoms with Gasteiger partial charge in [-0.15, -0.1) is 10.2 Å². The molecule has 1 aliphatic rings. The van der Waals surface area contributed by atoms with Crippen LogP contribution >= 0.6 is 0 Å². The number of urea groups is 1. The number of hydrogen-bond donors (Lipinski definition) is 2. The predicted molar refractivity (Wildman–Crippen MR) is 129 cm³/mol. The number of nitrogens with zero attached hydrogens (tertiary/aromatic N) is 8. The van der Waals surface area contributed by atoms with E-state index in [0.29, 0.717) is 47.5 Å². The summed E-state index contributed by atoms with van der Waals surface area (Å²) in [5.74, 6) is 1.04. The van der Waals surface area contributed by atoms with Gasteiger partial charge in [-0.2, -0.15) is 5.10 Å². The number of hydrogen-bond acceptors (Lipinski definition) is 9. The first-order valence-corrected chi connectivity index (χ1v) is 11.0. The third kappa shape index (κ3) is 4.56. The van der Waals surface area contributed by atoms with Crippen molar-refractivity contribution in [2.75, 3.05) is 37.5 Å². The lowest BCUT2D eigenvalue weighted by Gasteiger charge is -2.31. The Kier molecular flexibility index (Phi) is 6.24. The normalized spacial score (nSPS) is 13.8. The third-order valence-corrected chi connectivity index (χ3v) is 5.52. The highest BCUT2D eigenvalue weighted by Crippen LogP contribution is 2.36. The molecule has 0 unspecified atom stereocenters. The summed E-state index contributed by atoms with van der Waals surface area (Å²) < 4.78 is 7.20. The topological polar surface area (TPSA) is 143 Å². The number of pyridine rings is 1. The van der Waals surface area contributed by atoms with Crippen molar-refractivity contribution in [2.45, 2.75) is 26.3 Å². The van der Waals surface area contributed by atoms with E-state index in [-0.39, 0.29) is 17.3 Å². The number of ether oxygens (including phenoxy) is 1. The van der Waals surface area contributed by atoms with E-state index in [1.165, 1.54) is 19.1 Å². The lowest BCUT2D eigenvalue weighted by Crippen LogP contribution is -2.44. The van der Waals surface area contributed by atoms with Crippen LogP contribution < -0.4 is 20.3 Å². The van der Waals surface area contributed by atoms with E-state index in [0.717, 1.165) is 0 Å². The van der Waals surface area contributed by atoms with E-state index in [9.17, 15) is 9.59 Å². The largest absolute Gasteiger partial charge is 0.492 e. The third-order valence-electron chi connectivity index (χ3n) is 5.52. The van der Waals surface area contributed by atoms with Crippen LogP contribution in [0.4, 0.5) is 22.1 Å². The average molecular weight is 481 g/mol. The molecule has 1 aliphatic heterocycles. The first-order valence-electron chi connectivity index (χ1n) is 11.0. The van der Waals surface area contributed by atoms with Crippen LogP contribution in [0.3, 0.4) is 0 Å². The molecule has 1 saturated heterocycles. The lowest BCUT2D eigenvalue weighted by atomic mass is 10.1. The Morgan fingerprint density at radius 2 is 1.94 bits per heavy atom. The molecule has 3 aromatic rings. The van der Waals surface area contributed by atoms with Crippen LogP contribution in [0.2, 0.25) is 0 Å². The first-order chi connectivity index (χ1) is 16.6. The van der Waals surface area contributed by atoms with Crippen LogP contribution in [0.5, 0.6) is 5.75 Å². The maximum absolute atomic E-state index is 13.0. The highest BCUT2D eigenvalue weighted by atomic mass is 16.5. The SMILES string of the molecule is CNC(=O)c1nnc(N2CCN(C(C)(C)C)C2=O)cc1Nc1nccc(-c2ncn(C)n2)c1OC. The molecule has 3 aromatic heterocycles. The number of rotatable bonds is 6. The molecule has 13 nitrogen and oxygen atoms in total. The molecule has 2 N–H and O–H groups in total. The number of carbonyl (C=O) groups is 2. The summed E-state index contributed by atoms with van der Waals surface area (Å²) in [4.78, 5) is 37.5. The van der Waals surface area contributed by atoms with Gasteiger partial charge in [0.25, 0.3) is 5.91 Å². The van der Waals surface area contributed by atoms with Crippen molar-refractivity contribution in [3.63, 3.8) is 0 Å². The van der Waals surface area contributed by atoms with Gasteiger partial charge in [0, 0.05) is 45.0 Å². The molecule has 3 amide bonds. The molecule has 0 aliphatic carbocycles. The van der Waals surface area contributed by atoms with Crippen molar-refractivity contribution in [1.29, 1.82) is 0 Å². The minimum absolute atomic E-state index is 0.0424. The first kappa shape index (κ1) is 23.9. The zero-order valence-corrected chi connectivity index (χ0v) is 20.5. The van der Waals surface area contributed by atoms with E-state index in [2.05, 4.69) is 35.9 Å². The minimum Gasteiger partial charge on any atom is -0.492 e. The standard InChI is InChI=1S/C22H28N10O3/c1-22(2,3)32-10-9-31(21(32)34)15-11-14(16(28-27-15)20(33)23-4)26-19-17(35-6)13(7-8-24-19)18-25-12-30(5)29-18/h7-8,11-12H,9-10H2,1-6H3,(H,23,33)(H,24,26,27). The number of amides is 3. The van der Waals surface area contributed by atoms with Gasteiger partial charge < -0.3 is 20.3 Å². The molecular formula is C22H28N10O3. The molecule has 4 rings (SSSR count). The van der Waals surface area contributed by atoms with Crippen LogP contribution in [0.1, 0.15) is 31.3 Å². The van der Waals surface area contributed by atoms with Gasteiger partial charge in [0.05, 0.1) is 18.4 Å². The number of aromatic nitrogens is 6. The van der Waals surface area contributed by atoms with Crippen molar-refractivity contribution in [2.24, 2.45) is 7.05 Å². The smallest absolute Gasteiger partial charge is 0.326 e. The summed E-state index contributed by atoms with van der Waals surface area (Å²) >= 11 is 0. The molecule has 0 bridgehead atoms. The lowest BCUT2D eigenvalue weighted by molar-refractivity contribution is 0.0958. The van der Waals surface area contributed by atoms with Gasteiger partial charge >= 0.3 is 6.03 Å². The Hall–Kier alpha value is -4.29. The van der Waals surface area contributed by atoms with Gasteiger partial charge in [-0.1, -0.05) is 0 Å². The fraction of sp³-hybridized carbons (Fsp3) is 0.409. The Bertz CT molecular complexity index is 1270. The van der Waals surface area contributed by atoms with Crippen LogP contribution in [-0.2, 0) is 7.05 Å². The van der Waals surface area contributed by atoms with Crippen LogP contribution in [-0.4, -0.2) is 79.6 Å². The van der Waals surface area contributed by atoms with Crippen molar-refractivity contribution in [3.05, 3.63) is 30.4 Å². The maximum atomic E-state index is 13.0. The number of anilines is 3. The van der Waals surface area contributed by atoms with Gasteiger partial charge in [-0.05, 0) is 26.8 Å². The van der Waals surface area contributed by atoms with Crippen molar-refractivity contribution < 1.29 is 14.3 Å². The van der Waals surface area contributed by atoms with Crippen LogP contribution in [0.15, 0.2) is 24.7 Å². The van der Waals surface area contributed by atoms with E-state index in [4.69, 9.17) is 4.74 Å². The van der Waals surface area contributed by atoms with E-state index in [1.54, 1.807) is 41.3 Å². The fourth-order valence-electron chi connectivity index (χ4n) is 3.78. The van der Waals surface area contributed by atoms with E-state index >= 15 is 0 Å². The Balaban J connectivity index is 1.74. The zero-order valence-electron chi connectivity index (χ0n) is 20.5. The number of aryl methyl sites for hydroxylation is 1. The molecule has 0 radical (unpaired) electrons. The second kappa shape index (κ2) is 9.16. The fourth-order valence-corrected chi connectivity index (χ4v) is 3.78. The summed E-state index contributed by atoms with van der Waals surface area (Å²) in [6, 6.07) is 3.16. The summed E-state index contributed by atoms with van der Waals surface area (Å²) in [5, 5.41) is 18.3. The van der Waals surface area contributed by atoms with Gasteiger partial charge in [-0.3, -0.25) is 14.4 Å². The number of nitrogens with one attached hydrogen (secondary N) is 2. The van der Waals surface area contributed by atoms with Crippen LogP contribution in [0.25, 0.3) is 11.4 Å². The summed E-state index contributed by atoms with van der Waals surface area (Å²) in [6.45, 7) is 6.93. The van der Waals surface area contributed by atoms with Gasteiger partial charge in [-0.25, -0.2) is 14.8 Å². The molecule has 184 valence electrons. The average Bonchev–Trinajstić information content (AvgIpc) is 3.43. The molecule has 0 spiro atoms. The monoisotopic (exact) mass is 480 g/mol. The molecule has 0 saturated carbocycles. The molecule has 4 heterocycles. The predicted octanol–water partition coefficient (Wildman–Crippen LogP) is 1.82. The molecule has 13 heteroatoms. The molecule has 35 heavy (non-hydrogen) atoms. The van der Waals surface area contributed by atoms with E-state index in [1.807, 2.05) is 20.8 Å². The Morgan fingerprint density at radius 1 is 1.17 bits per heavy atom. The highest BCUT2D eigenvalue weighted by molar-refractivity contribution is 6.00. The number of methoxy groups -OCH3 is 1. The second-order valence-corrected chi connectivity index (χ2v) is 8.91. The number of carbonyl (C=O) groups excluding carboxylic acids is 2. The molecule has 0 atom stereocenters. The second-order valence-electron chi connectivity index (χ2n) is 8.91. The van der Waals surface area contributed by atoms with Crippen molar-refractivity contribution >= 4 is 29.3 Å². The maximum Gasteiger partial charge on any atom is 0.326 e. The highest BCUT2D eigenvalue weighted by Gasteiger charge is 2.37. The van der Waals surface area contributed by atoms with Crippen molar-refractivity contribution in [3.8, 4) is 17.1 Å². The van der Waals surface area contributed by atoms with Gasteiger partial charge in [0.1, 0.15) is 6.33 Å². The molecule has 1 fully saturated rings. The Labute approximate surface area is 202 Å². The van der Waals surface area contributed by atoms with Crippen LogP contribution in [0, 0.1) is 0 Å². The minimum atomic E-state index is -0.447. The molecular weight excluding hydrogens is 452 g/mol. The van der Waals surface area contributed by atoms with E-state index < -0.39 is 5.91 Å². The summed E-state index contributed by atoms with van der Waals surface area (Å²) in [5.41, 5.74) is 0.638. The quantitative estimate of drug-likeness (QED) is 0.540.